The highest BCUT2D eigenvalue weighted by molar-refractivity contribution is 5.97. The van der Waals surface area contributed by atoms with E-state index in [1.165, 1.54) is 39.9 Å². The van der Waals surface area contributed by atoms with E-state index < -0.39 is 42.2 Å². The van der Waals surface area contributed by atoms with Gasteiger partial charge in [0.15, 0.2) is 0 Å². The maximum atomic E-state index is 14.9. The fraction of sp³-hybridized carbons (Fsp3) is 0.424. The number of nitrogens with zero attached hydrogens (tertiary/aromatic N) is 5. The monoisotopic (exact) mass is 602 g/mol. The average Bonchev–Trinajstić information content (AvgIpc) is 3.55. The van der Waals surface area contributed by atoms with Crippen LogP contribution in [0, 0.1) is 18.2 Å². The number of alkyl halides is 1. The summed E-state index contributed by atoms with van der Waals surface area (Å²) < 4.78 is 71.8. The fourth-order valence-corrected chi connectivity index (χ4v) is 7.29. The van der Waals surface area contributed by atoms with Crippen LogP contribution in [-0.2, 0) is 0 Å². The second-order valence-electron chi connectivity index (χ2n) is 12.0. The molecule has 2 aromatic heterocycles. The molecular formula is C33H32F2N6O3. The Hall–Kier alpha value is -4.27. The van der Waals surface area contributed by atoms with E-state index in [0.29, 0.717) is 29.7 Å². The topological polar surface area (TPSA) is 95.8 Å². The Balaban J connectivity index is 1.32. The standard InChI is InChI=1S/C33H32F2N6O3/c1-2-24-26(35)7-4-19-12-23(42)13-27(28(19)24)40-11-8-25-29(31(40)43)37-32(38-30(25)41-17-21-5-6-22(41)15-36-21)44-18-33-9-3-10-39(33)16-20(34)14-33/h1,4,7-8,11-13,20-22,36,42H,3,5-6,9-10,14-18H2/t20-,21?,22?,33+/m1/s1/i10D2,18D2. The molecule has 0 radical (unpaired) electrons. The van der Waals surface area contributed by atoms with Crippen LogP contribution in [0.4, 0.5) is 14.6 Å². The number of piperidine rings is 2. The predicted octanol–water partition coefficient (Wildman–Crippen LogP) is 3.66. The van der Waals surface area contributed by atoms with Gasteiger partial charge in [-0.05, 0) is 55.8 Å². The lowest BCUT2D eigenvalue weighted by molar-refractivity contribution is 0.107. The largest absolute Gasteiger partial charge is 0.508 e. The van der Waals surface area contributed by atoms with Gasteiger partial charge in [-0.15, -0.1) is 6.42 Å². The van der Waals surface area contributed by atoms with Crippen molar-refractivity contribution in [1.82, 2.24) is 24.8 Å². The van der Waals surface area contributed by atoms with E-state index in [9.17, 15) is 18.7 Å². The molecule has 0 amide bonds. The Bertz CT molecular complexity index is 2100. The number of ether oxygens (including phenoxy) is 1. The molecule has 0 spiro atoms. The number of fused-ring (bicyclic) bond motifs is 6. The molecule has 226 valence electrons. The number of aromatic hydroxyl groups is 1. The second kappa shape index (κ2) is 10.1. The zero-order valence-electron chi connectivity index (χ0n) is 27.7. The number of nitrogens with one attached hydrogen (secondary N) is 1. The SMILES string of the molecule is [2H]C1([2H])CC[C@@]2(C([2H])([2H])Oc3nc(N4CC5CCC4CN5)c4ccn(-c5cc(O)cc6ccc(F)c(C#C)c56)c(=O)c4n3)C[C@@H](F)CN12. The van der Waals surface area contributed by atoms with Crippen LogP contribution in [0.2, 0.25) is 0 Å². The van der Waals surface area contributed by atoms with E-state index in [2.05, 4.69) is 26.1 Å². The molecule has 11 heteroatoms. The molecule has 2 aromatic carbocycles. The lowest BCUT2D eigenvalue weighted by atomic mass is 9.93. The van der Waals surface area contributed by atoms with Gasteiger partial charge in [0.2, 0.25) is 0 Å². The van der Waals surface area contributed by atoms with Crippen LogP contribution >= 0.6 is 0 Å². The number of terminal acetylenes is 1. The number of pyridine rings is 1. The van der Waals surface area contributed by atoms with Gasteiger partial charge in [0, 0.05) is 58.5 Å². The zero-order chi connectivity index (χ0) is 33.7. The van der Waals surface area contributed by atoms with Crippen LogP contribution in [0.3, 0.4) is 0 Å². The Kier molecular flexibility index (Phi) is 5.34. The summed E-state index contributed by atoms with van der Waals surface area (Å²) in [6, 6.07) is 6.77. The molecule has 4 aromatic rings. The van der Waals surface area contributed by atoms with Gasteiger partial charge in [0.05, 0.1) is 24.9 Å². The summed E-state index contributed by atoms with van der Waals surface area (Å²) in [5.74, 6) is 1.87. The van der Waals surface area contributed by atoms with Gasteiger partial charge in [-0.25, -0.2) is 8.78 Å². The van der Waals surface area contributed by atoms with Crippen LogP contribution < -0.4 is 20.5 Å². The summed E-state index contributed by atoms with van der Waals surface area (Å²) in [6.45, 7) is -3.58. The van der Waals surface area contributed by atoms with Crippen molar-refractivity contribution in [3.8, 4) is 29.8 Å². The summed E-state index contributed by atoms with van der Waals surface area (Å²) in [5.41, 5.74) is -2.39. The number of anilines is 1. The van der Waals surface area contributed by atoms with Crippen LogP contribution in [0.1, 0.15) is 43.2 Å². The molecule has 4 atom stereocenters. The normalized spacial score (nSPS) is 29.2. The van der Waals surface area contributed by atoms with E-state index >= 15 is 0 Å². The molecule has 2 N–H and O–H groups in total. The number of piperazine rings is 1. The number of benzene rings is 2. The third-order valence-corrected chi connectivity index (χ3v) is 9.40. The van der Waals surface area contributed by atoms with Gasteiger partial charge in [-0.3, -0.25) is 14.3 Å². The highest BCUT2D eigenvalue weighted by atomic mass is 19.1. The Morgan fingerprint density at radius 1 is 1.27 bits per heavy atom. The van der Waals surface area contributed by atoms with Crippen molar-refractivity contribution < 1.29 is 24.1 Å². The quantitative estimate of drug-likeness (QED) is 0.335. The smallest absolute Gasteiger partial charge is 0.319 e. The molecule has 0 saturated carbocycles. The van der Waals surface area contributed by atoms with Crippen LogP contribution in [0.25, 0.3) is 27.4 Å². The van der Waals surface area contributed by atoms with Crippen molar-refractivity contribution in [2.75, 3.05) is 37.6 Å². The van der Waals surface area contributed by atoms with E-state index in [1.807, 2.05) is 0 Å². The van der Waals surface area contributed by atoms with Gasteiger partial charge < -0.3 is 20.1 Å². The van der Waals surface area contributed by atoms with Crippen molar-refractivity contribution in [3.63, 3.8) is 0 Å². The Labute approximate surface area is 258 Å². The summed E-state index contributed by atoms with van der Waals surface area (Å²) in [6.07, 6.45) is 7.29. The summed E-state index contributed by atoms with van der Waals surface area (Å²) in [5, 5.41) is 15.1. The molecule has 44 heavy (non-hydrogen) atoms. The van der Waals surface area contributed by atoms with Gasteiger partial charge >= 0.3 is 6.01 Å². The van der Waals surface area contributed by atoms with Crippen LogP contribution in [0.15, 0.2) is 41.3 Å². The van der Waals surface area contributed by atoms with Crippen LogP contribution in [0.5, 0.6) is 11.8 Å². The minimum Gasteiger partial charge on any atom is -0.508 e. The number of rotatable bonds is 5. The predicted molar refractivity (Wildman–Crippen MR) is 163 cm³/mol. The van der Waals surface area contributed by atoms with E-state index in [0.717, 1.165) is 12.8 Å². The molecule has 2 bridgehead atoms. The highest BCUT2D eigenvalue weighted by Crippen LogP contribution is 2.41. The number of phenols is 1. The van der Waals surface area contributed by atoms with E-state index in [4.69, 9.17) is 16.6 Å². The minimum absolute atomic E-state index is 0.000904. The maximum absolute atomic E-state index is 14.9. The molecule has 5 aliphatic rings. The summed E-state index contributed by atoms with van der Waals surface area (Å²) >= 11 is 0. The van der Waals surface area contributed by atoms with Crippen molar-refractivity contribution in [2.24, 2.45) is 0 Å². The highest BCUT2D eigenvalue weighted by Gasteiger charge is 2.49. The maximum Gasteiger partial charge on any atom is 0.319 e. The molecule has 2 unspecified atom stereocenters. The molecular weight excluding hydrogens is 566 g/mol. The van der Waals surface area contributed by atoms with Crippen molar-refractivity contribution in [2.45, 2.75) is 55.9 Å². The number of phenolic OH excluding ortho intramolecular Hbond substituents is 1. The number of aromatic nitrogens is 3. The van der Waals surface area contributed by atoms with Crippen LogP contribution in [-0.4, -0.2) is 81.0 Å². The number of halogens is 2. The first-order chi connectivity index (χ1) is 22.8. The first-order valence-electron chi connectivity index (χ1n) is 16.8. The lowest BCUT2D eigenvalue weighted by Gasteiger charge is -2.46. The third kappa shape index (κ3) is 4.23. The van der Waals surface area contributed by atoms with Gasteiger partial charge in [0.25, 0.3) is 5.56 Å². The molecule has 0 aliphatic carbocycles. The van der Waals surface area contributed by atoms with Crippen molar-refractivity contribution >= 4 is 27.5 Å². The summed E-state index contributed by atoms with van der Waals surface area (Å²) in [4.78, 5) is 26.8. The number of hydrogen-bond donors (Lipinski definition) is 2. The van der Waals surface area contributed by atoms with Gasteiger partial charge in [0.1, 0.15) is 35.6 Å². The molecule has 9 nitrogen and oxygen atoms in total. The first kappa shape index (κ1) is 23.2. The minimum atomic E-state index is -2.64. The zero-order valence-corrected chi connectivity index (χ0v) is 23.7. The first-order valence-corrected chi connectivity index (χ1v) is 14.8. The molecule has 9 rings (SSSR count). The Morgan fingerprint density at radius 2 is 2.16 bits per heavy atom. The molecule has 5 aliphatic heterocycles. The van der Waals surface area contributed by atoms with Gasteiger partial charge in [-0.2, -0.15) is 9.97 Å². The van der Waals surface area contributed by atoms with Gasteiger partial charge in [-0.1, -0.05) is 12.0 Å². The second-order valence-corrected chi connectivity index (χ2v) is 12.0. The third-order valence-electron chi connectivity index (χ3n) is 9.40. The molecule has 5 saturated heterocycles. The molecule has 5 fully saturated rings. The van der Waals surface area contributed by atoms with Crippen molar-refractivity contribution in [1.29, 1.82) is 0 Å². The molecule has 7 heterocycles. The van der Waals surface area contributed by atoms with E-state index in [1.54, 1.807) is 6.07 Å². The lowest BCUT2D eigenvalue weighted by Crippen LogP contribution is -2.61. The summed E-state index contributed by atoms with van der Waals surface area (Å²) in [7, 11) is 0. The average molecular weight is 603 g/mol. The number of hydrogen-bond acceptors (Lipinski definition) is 8. The fourth-order valence-electron chi connectivity index (χ4n) is 7.29. The Morgan fingerprint density at radius 3 is 2.93 bits per heavy atom. The van der Waals surface area contributed by atoms with E-state index in [-0.39, 0.29) is 65.8 Å². The van der Waals surface area contributed by atoms with Crippen molar-refractivity contribution in [3.05, 3.63) is 58.3 Å².